The van der Waals surface area contributed by atoms with E-state index in [4.69, 9.17) is 10.5 Å². The Labute approximate surface area is 154 Å². The number of aromatic nitrogens is 2. The predicted molar refractivity (Wildman–Crippen MR) is 108 cm³/mol. The largest absolute Gasteiger partial charge is 0.494 e. The zero-order valence-electron chi connectivity index (χ0n) is 15.2. The quantitative estimate of drug-likeness (QED) is 0.441. The van der Waals surface area contributed by atoms with Crippen LogP contribution in [0.25, 0.3) is 10.9 Å². The predicted octanol–water partition coefficient (Wildman–Crippen LogP) is 4.44. The van der Waals surface area contributed by atoms with Crippen LogP contribution in [0.5, 0.6) is 5.75 Å². The van der Waals surface area contributed by atoms with Gasteiger partial charge in [0.1, 0.15) is 5.75 Å². The number of unbranched alkanes of at least 4 members (excludes halogenated alkanes) is 2. The van der Waals surface area contributed by atoms with Gasteiger partial charge in [-0.05, 0) is 48.7 Å². The zero-order valence-corrected chi connectivity index (χ0v) is 15.2. The Morgan fingerprint density at radius 1 is 1.08 bits per heavy atom. The maximum absolute atomic E-state index is 5.78. The molecule has 1 aromatic heterocycles. The molecular weight excluding hydrogens is 324 g/mol. The molecule has 0 saturated heterocycles. The summed E-state index contributed by atoms with van der Waals surface area (Å²) in [6, 6.07) is 13.9. The summed E-state index contributed by atoms with van der Waals surface area (Å²) in [5, 5.41) is 4.23. The van der Waals surface area contributed by atoms with Crippen LogP contribution >= 0.6 is 0 Å². The fourth-order valence-corrected chi connectivity index (χ4v) is 2.75. The standard InChI is InChI=1S/C21H26N4O/c1-2-3-4-13-26-19-8-5-16(6-9-19)11-12-23-21-24-15-17-14-18(22)7-10-20(17)25-21/h5-10,14-15H,2-4,11-13,22H2,1H3,(H,23,24,25). The van der Waals surface area contributed by atoms with Crippen molar-refractivity contribution in [2.24, 2.45) is 0 Å². The lowest BCUT2D eigenvalue weighted by molar-refractivity contribution is 0.306. The van der Waals surface area contributed by atoms with Gasteiger partial charge < -0.3 is 15.8 Å². The molecule has 0 aliphatic heterocycles. The number of ether oxygens (including phenoxy) is 1. The van der Waals surface area contributed by atoms with Crippen molar-refractivity contribution in [3.05, 3.63) is 54.2 Å². The van der Waals surface area contributed by atoms with Crippen LogP contribution in [0.15, 0.2) is 48.7 Å². The Morgan fingerprint density at radius 2 is 1.92 bits per heavy atom. The number of anilines is 2. The maximum Gasteiger partial charge on any atom is 0.223 e. The van der Waals surface area contributed by atoms with Gasteiger partial charge in [0.05, 0.1) is 12.1 Å². The van der Waals surface area contributed by atoms with Crippen molar-refractivity contribution in [1.82, 2.24) is 9.97 Å². The molecule has 0 saturated carbocycles. The van der Waals surface area contributed by atoms with Gasteiger partial charge in [-0.15, -0.1) is 0 Å². The summed E-state index contributed by atoms with van der Waals surface area (Å²) < 4.78 is 5.74. The van der Waals surface area contributed by atoms with Crippen LogP contribution < -0.4 is 15.8 Å². The molecule has 3 aromatic rings. The van der Waals surface area contributed by atoms with E-state index in [0.717, 1.165) is 48.3 Å². The summed E-state index contributed by atoms with van der Waals surface area (Å²) in [5.74, 6) is 1.58. The lowest BCUT2D eigenvalue weighted by atomic mass is 10.1. The zero-order chi connectivity index (χ0) is 18.2. The third-order valence-electron chi connectivity index (χ3n) is 4.24. The molecule has 0 radical (unpaired) electrons. The Kier molecular flexibility index (Phi) is 6.25. The molecule has 136 valence electrons. The minimum absolute atomic E-state index is 0.637. The first kappa shape index (κ1) is 18.0. The molecule has 5 heteroatoms. The number of hydrogen-bond donors (Lipinski definition) is 2. The van der Waals surface area contributed by atoms with E-state index in [9.17, 15) is 0 Å². The summed E-state index contributed by atoms with van der Waals surface area (Å²) in [7, 11) is 0. The van der Waals surface area contributed by atoms with Crippen molar-refractivity contribution < 1.29 is 4.74 Å². The molecule has 0 aliphatic rings. The van der Waals surface area contributed by atoms with Crippen LogP contribution in [-0.4, -0.2) is 23.1 Å². The highest BCUT2D eigenvalue weighted by atomic mass is 16.5. The molecule has 3 N–H and O–H groups in total. The fraction of sp³-hybridized carbons (Fsp3) is 0.333. The van der Waals surface area contributed by atoms with Gasteiger partial charge >= 0.3 is 0 Å². The van der Waals surface area contributed by atoms with Gasteiger partial charge in [-0.25, -0.2) is 9.97 Å². The fourth-order valence-electron chi connectivity index (χ4n) is 2.75. The molecular formula is C21H26N4O. The second kappa shape index (κ2) is 9.04. The SMILES string of the molecule is CCCCCOc1ccc(CCNc2ncc3cc(N)ccc3n2)cc1. The average Bonchev–Trinajstić information content (AvgIpc) is 2.66. The average molecular weight is 350 g/mol. The summed E-state index contributed by atoms with van der Waals surface area (Å²) in [6.07, 6.45) is 6.24. The van der Waals surface area contributed by atoms with Crippen LogP contribution in [-0.2, 0) is 6.42 Å². The first-order chi connectivity index (χ1) is 12.7. The van der Waals surface area contributed by atoms with Crippen molar-refractivity contribution in [3.8, 4) is 5.75 Å². The van der Waals surface area contributed by atoms with Crippen molar-refractivity contribution in [3.63, 3.8) is 0 Å². The summed E-state index contributed by atoms with van der Waals surface area (Å²) in [6.45, 7) is 3.76. The van der Waals surface area contributed by atoms with E-state index in [0.29, 0.717) is 5.95 Å². The molecule has 0 amide bonds. The molecule has 0 atom stereocenters. The van der Waals surface area contributed by atoms with Crippen molar-refractivity contribution in [2.45, 2.75) is 32.6 Å². The lowest BCUT2D eigenvalue weighted by Gasteiger charge is -2.08. The highest BCUT2D eigenvalue weighted by molar-refractivity contribution is 5.81. The number of hydrogen-bond acceptors (Lipinski definition) is 5. The minimum atomic E-state index is 0.637. The molecule has 0 spiro atoms. The van der Waals surface area contributed by atoms with Crippen LogP contribution in [0.1, 0.15) is 31.7 Å². The number of nitrogens with one attached hydrogen (secondary N) is 1. The number of rotatable bonds is 9. The molecule has 1 heterocycles. The molecule has 2 aromatic carbocycles. The van der Waals surface area contributed by atoms with Gasteiger partial charge in [-0.3, -0.25) is 0 Å². The molecule has 3 rings (SSSR count). The third kappa shape index (κ3) is 5.09. The Morgan fingerprint density at radius 3 is 2.73 bits per heavy atom. The third-order valence-corrected chi connectivity index (χ3v) is 4.24. The molecule has 0 bridgehead atoms. The van der Waals surface area contributed by atoms with E-state index in [1.807, 2.05) is 30.3 Å². The van der Waals surface area contributed by atoms with Gasteiger partial charge in [0, 0.05) is 23.8 Å². The summed E-state index contributed by atoms with van der Waals surface area (Å²) in [4.78, 5) is 8.86. The Hall–Kier alpha value is -2.82. The normalized spacial score (nSPS) is 10.8. The van der Waals surface area contributed by atoms with E-state index in [2.05, 4.69) is 34.3 Å². The first-order valence-corrected chi connectivity index (χ1v) is 9.22. The van der Waals surface area contributed by atoms with Crippen molar-refractivity contribution in [2.75, 3.05) is 24.2 Å². The van der Waals surface area contributed by atoms with E-state index < -0.39 is 0 Å². The highest BCUT2D eigenvalue weighted by Crippen LogP contribution is 2.16. The maximum atomic E-state index is 5.78. The summed E-state index contributed by atoms with van der Waals surface area (Å²) >= 11 is 0. The van der Waals surface area contributed by atoms with Gasteiger partial charge in [-0.1, -0.05) is 31.9 Å². The summed E-state index contributed by atoms with van der Waals surface area (Å²) in [5.41, 5.74) is 8.65. The van der Waals surface area contributed by atoms with Crippen LogP contribution in [0.3, 0.4) is 0 Å². The number of nitrogen functional groups attached to an aromatic ring is 1. The molecule has 0 aliphatic carbocycles. The lowest BCUT2D eigenvalue weighted by Crippen LogP contribution is -2.08. The topological polar surface area (TPSA) is 73.1 Å². The number of benzene rings is 2. The smallest absolute Gasteiger partial charge is 0.223 e. The van der Waals surface area contributed by atoms with Gasteiger partial charge in [0.2, 0.25) is 5.95 Å². The van der Waals surface area contributed by atoms with Gasteiger partial charge in [-0.2, -0.15) is 0 Å². The number of nitrogens with zero attached hydrogens (tertiary/aromatic N) is 2. The Balaban J connectivity index is 1.47. The molecule has 0 fully saturated rings. The van der Waals surface area contributed by atoms with E-state index in [1.54, 1.807) is 6.20 Å². The van der Waals surface area contributed by atoms with Crippen molar-refractivity contribution >= 4 is 22.5 Å². The van der Waals surface area contributed by atoms with E-state index in [-0.39, 0.29) is 0 Å². The van der Waals surface area contributed by atoms with Crippen molar-refractivity contribution in [1.29, 1.82) is 0 Å². The minimum Gasteiger partial charge on any atom is -0.494 e. The first-order valence-electron chi connectivity index (χ1n) is 9.22. The monoisotopic (exact) mass is 350 g/mol. The number of nitrogens with two attached hydrogens (primary N) is 1. The highest BCUT2D eigenvalue weighted by Gasteiger charge is 2.01. The van der Waals surface area contributed by atoms with Gasteiger partial charge in [0.25, 0.3) is 0 Å². The number of fused-ring (bicyclic) bond motifs is 1. The van der Waals surface area contributed by atoms with Gasteiger partial charge in [0.15, 0.2) is 0 Å². The van der Waals surface area contributed by atoms with E-state index >= 15 is 0 Å². The van der Waals surface area contributed by atoms with Crippen LogP contribution in [0.2, 0.25) is 0 Å². The molecule has 26 heavy (non-hydrogen) atoms. The Bertz CT molecular complexity index is 833. The second-order valence-corrected chi connectivity index (χ2v) is 6.39. The van der Waals surface area contributed by atoms with Crippen LogP contribution in [0.4, 0.5) is 11.6 Å². The molecule has 5 nitrogen and oxygen atoms in total. The van der Waals surface area contributed by atoms with E-state index in [1.165, 1.54) is 18.4 Å². The molecule has 0 unspecified atom stereocenters. The second-order valence-electron chi connectivity index (χ2n) is 6.39. The van der Waals surface area contributed by atoms with Crippen LogP contribution in [0, 0.1) is 0 Å².